The molecule has 0 saturated heterocycles. The summed E-state index contributed by atoms with van der Waals surface area (Å²) < 4.78 is 0. The first-order valence-electron chi connectivity index (χ1n) is 1.72. The minimum atomic E-state index is 0. The Hall–Kier alpha value is 0.824. The SMILES string of the molecule is C[Si](C)C.[C-]#N.[Cu].[Li+]. The van der Waals surface area contributed by atoms with E-state index in [4.69, 9.17) is 11.8 Å². The number of hydrogen-bond donors (Lipinski definition) is 0. The van der Waals surface area contributed by atoms with Gasteiger partial charge in [0, 0.05) is 25.9 Å². The molecule has 0 rings (SSSR count). The van der Waals surface area contributed by atoms with E-state index < -0.39 is 0 Å². The zero-order chi connectivity index (χ0) is 5.58. The smallest absolute Gasteiger partial charge is 0.512 e. The van der Waals surface area contributed by atoms with E-state index in [-0.39, 0.29) is 44.7 Å². The summed E-state index contributed by atoms with van der Waals surface area (Å²) in [6.07, 6.45) is 0. The quantitative estimate of drug-likeness (QED) is 0.319. The normalized spacial score (nSPS) is 4.75. The van der Waals surface area contributed by atoms with Gasteiger partial charge in [-0.25, -0.2) is 0 Å². The molecule has 0 fully saturated rings. The minimum Gasteiger partial charge on any atom is -0.512 e. The van der Waals surface area contributed by atoms with E-state index in [0.29, 0.717) is 0 Å². The molecule has 0 aromatic rings. The predicted octanol–water partition coefficient (Wildman–Crippen LogP) is -1.53. The monoisotopic (exact) mass is 169 g/mol. The molecule has 0 aliphatic carbocycles. The van der Waals surface area contributed by atoms with Gasteiger partial charge in [-0.15, -0.1) is 0 Å². The summed E-state index contributed by atoms with van der Waals surface area (Å²) in [5.41, 5.74) is 0. The standard InChI is InChI=1S/C3H9Si.CN.Cu.Li/c1-4(2)3;1-2;;/h1-3H3;;;/q;-1;;+1. The van der Waals surface area contributed by atoms with Crippen molar-refractivity contribution in [2.45, 2.75) is 19.6 Å². The van der Waals surface area contributed by atoms with Gasteiger partial charge in [0.2, 0.25) is 0 Å². The van der Waals surface area contributed by atoms with E-state index in [1.807, 2.05) is 0 Å². The molecule has 2 radical (unpaired) electrons. The Morgan fingerprint density at radius 1 is 1.12 bits per heavy atom. The van der Waals surface area contributed by atoms with Crippen LogP contribution in [0.15, 0.2) is 0 Å². The first-order chi connectivity index (χ1) is 2.73. The Morgan fingerprint density at radius 3 is 1.12 bits per heavy atom. The Bertz CT molecular complexity index is 37.5. The van der Waals surface area contributed by atoms with Crippen LogP contribution in [0.25, 0.3) is 0 Å². The maximum absolute atomic E-state index is 6.25. The van der Waals surface area contributed by atoms with Gasteiger partial charge in [-0.2, -0.15) is 0 Å². The third-order valence-electron chi connectivity index (χ3n) is 0. The van der Waals surface area contributed by atoms with E-state index in [1.54, 1.807) is 0 Å². The molecule has 0 heterocycles. The fourth-order valence-electron chi connectivity index (χ4n) is 0. The average Bonchev–Trinajstić information content (AvgIpc) is 1.41. The predicted molar refractivity (Wildman–Crippen MR) is 28.3 cm³/mol. The fourth-order valence-corrected chi connectivity index (χ4v) is 0. The summed E-state index contributed by atoms with van der Waals surface area (Å²) in [6, 6.07) is 0. The average molecular weight is 170 g/mol. The van der Waals surface area contributed by atoms with E-state index >= 15 is 0 Å². The Kier molecular flexibility index (Phi) is 72.3. The Morgan fingerprint density at radius 2 is 1.12 bits per heavy atom. The second kappa shape index (κ2) is 24.9. The van der Waals surface area contributed by atoms with Crippen molar-refractivity contribution >= 4 is 8.80 Å². The maximum Gasteiger partial charge on any atom is 1.00 e. The number of nitrogens with zero attached hydrogens (tertiary/aromatic N) is 1. The van der Waals surface area contributed by atoms with Crippen LogP contribution in [0.1, 0.15) is 0 Å². The Balaban J connectivity index is -0.0000000183. The second-order valence-corrected chi connectivity index (χ2v) is 4.50. The molecule has 8 heavy (non-hydrogen) atoms. The fraction of sp³-hybridized carbons (Fsp3) is 0.750. The van der Waals surface area contributed by atoms with Crippen molar-refractivity contribution in [3.05, 3.63) is 6.57 Å². The van der Waals surface area contributed by atoms with E-state index in [0.717, 1.165) is 0 Å². The first kappa shape index (κ1) is 23.2. The third kappa shape index (κ3) is 341. The molecule has 1 nitrogen and oxygen atoms in total. The summed E-state index contributed by atoms with van der Waals surface area (Å²) in [6.45, 7) is 11.6. The van der Waals surface area contributed by atoms with Crippen LogP contribution >= 0.6 is 0 Å². The van der Waals surface area contributed by atoms with E-state index in [1.165, 1.54) is 0 Å². The molecule has 0 aliphatic heterocycles. The van der Waals surface area contributed by atoms with E-state index in [2.05, 4.69) is 19.6 Å². The molecule has 0 aliphatic rings. The molecule has 4 heteroatoms. The van der Waals surface area contributed by atoms with Gasteiger partial charge in [-0.05, 0) is 0 Å². The van der Waals surface area contributed by atoms with Gasteiger partial charge in [0.05, 0.1) is 0 Å². The summed E-state index contributed by atoms with van der Waals surface area (Å²) in [5.74, 6) is 0. The summed E-state index contributed by atoms with van der Waals surface area (Å²) in [4.78, 5) is 0. The zero-order valence-corrected chi connectivity index (χ0v) is 7.69. The molecule has 0 aromatic heterocycles. The van der Waals surface area contributed by atoms with Crippen molar-refractivity contribution in [2.24, 2.45) is 0 Å². The van der Waals surface area contributed by atoms with Crippen molar-refractivity contribution in [1.29, 1.82) is 5.26 Å². The topological polar surface area (TPSA) is 23.8 Å². The van der Waals surface area contributed by atoms with Crippen molar-refractivity contribution in [3.8, 4) is 0 Å². The van der Waals surface area contributed by atoms with Crippen LogP contribution in [0.2, 0.25) is 19.6 Å². The minimum absolute atomic E-state index is 0. The van der Waals surface area contributed by atoms with Crippen molar-refractivity contribution in [3.63, 3.8) is 0 Å². The molecule has 0 spiro atoms. The van der Waals surface area contributed by atoms with Gasteiger partial charge < -0.3 is 11.8 Å². The van der Waals surface area contributed by atoms with Crippen LogP contribution < -0.4 is 18.9 Å². The number of rotatable bonds is 0. The zero-order valence-electron chi connectivity index (χ0n) is 5.75. The molecule has 0 aromatic carbocycles. The van der Waals surface area contributed by atoms with Crippen LogP contribution in [0.4, 0.5) is 0 Å². The van der Waals surface area contributed by atoms with Gasteiger partial charge in [-0.3, -0.25) is 0 Å². The summed E-state index contributed by atoms with van der Waals surface area (Å²) >= 11 is 0. The van der Waals surface area contributed by atoms with Crippen LogP contribution in [-0.2, 0) is 17.1 Å². The van der Waals surface area contributed by atoms with Crippen molar-refractivity contribution < 1.29 is 35.9 Å². The summed E-state index contributed by atoms with van der Waals surface area (Å²) in [5, 5.41) is 6.25. The molecule has 0 saturated carbocycles. The van der Waals surface area contributed by atoms with Crippen LogP contribution in [0.5, 0.6) is 0 Å². The molecule has 0 bridgehead atoms. The van der Waals surface area contributed by atoms with Gasteiger partial charge in [0.25, 0.3) is 0 Å². The number of hydrogen-bond acceptors (Lipinski definition) is 1. The molecular weight excluding hydrogens is 161 g/mol. The van der Waals surface area contributed by atoms with Gasteiger partial charge >= 0.3 is 18.9 Å². The van der Waals surface area contributed by atoms with Crippen LogP contribution in [0.3, 0.4) is 0 Å². The molecule has 0 unspecified atom stereocenters. The largest absolute Gasteiger partial charge is 1.00 e. The van der Waals surface area contributed by atoms with Gasteiger partial charge in [-0.1, -0.05) is 19.6 Å². The molecule has 0 atom stereocenters. The summed E-state index contributed by atoms with van der Waals surface area (Å²) in [7, 11) is 0.120. The van der Waals surface area contributed by atoms with Crippen LogP contribution in [0, 0.1) is 11.8 Å². The third-order valence-corrected chi connectivity index (χ3v) is 0. The molecule has 0 N–H and O–H groups in total. The van der Waals surface area contributed by atoms with Crippen molar-refractivity contribution in [2.75, 3.05) is 0 Å². The first-order valence-corrected chi connectivity index (χ1v) is 4.72. The second-order valence-electron chi connectivity index (χ2n) is 1.50. The Labute approximate surface area is 76.1 Å². The molecule has 0 amide bonds. The maximum atomic E-state index is 6.25. The molecular formula is C4H9CuLiNSi. The van der Waals surface area contributed by atoms with Gasteiger partial charge in [0.15, 0.2) is 0 Å². The van der Waals surface area contributed by atoms with Crippen LogP contribution in [-0.4, -0.2) is 8.80 Å². The van der Waals surface area contributed by atoms with Gasteiger partial charge in [0.1, 0.15) is 0 Å². The van der Waals surface area contributed by atoms with E-state index in [9.17, 15) is 0 Å². The van der Waals surface area contributed by atoms with Crippen molar-refractivity contribution in [1.82, 2.24) is 0 Å². The molecule has 46 valence electrons.